The molecule has 0 radical (unpaired) electrons. The highest BCUT2D eigenvalue weighted by molar-refractivity contribution is 6.27. The average Bonchev–Trinajstić information content (AvgIpc) is 2.64. The van der Waals surface area contributed by atoms with Gasteiger partial charge in [0.25, 0.3) is 5.91 Å². The summed E-state index contributed by atoms with van der Waals surface area (Å²) in [6, 6.07) is 0.763. The Balaban J connectivity index is 2.05. The summed E-state index contributed by atoms with van der Waals surface area (Å²) >= 11 is 5.47. The van der Waals surface area contributed by atoms with Crippen LogP contribution in [0.2, 0.25) is 0 Å². The topological polar surface area (TPSA) is 49.4 Å². The molecule has 0 spiro atoms. The number of rotatable bonds is 4. The zero-order chi connectivity index (χ0) is 21.1. The first-order valence-corrected chi connectivity index (χ1v) is 8.86. The molecule has 0 aliphatic carbocycles. The van der Waals surface area contributed by atoms with Crippen molar-refractivity contribution in [1.29, 1.82) is 0 Å². The predicted octanol–water partition coefficient (Wildman–Crippen LogP) is 3.93. The Morgan fingerprint density at radius 3 is 1.93 bits per heavy atom. The number of carbonyl (C=O) groups excluding carboxylic acids is 2. The fourth-order valence-corrected chi connectivity index (χ4v) is 3.07. The molecule has 1 heterocycles. The molecule has 11 heteroatoms. The second-order valence-electron chi connectivity index (χ2n) is 6.46. The second-order valence-corrected chi connectivity index (χ2v) is 6.73. The van der Waals surface area contributed by atoms with Gasteiger partial charge in [0.2, 0.25) is 5.91 Å². The molecule has 0 aromatic heterocycles. The minimum atomic E-state index is -5.02. The summed E-state index contributed by atoms with van der Waals surface area (Å²) in [5, 5.41) is 2.38. The van der Waals surface area contributed by atoms with E-state index in [9.17, 15) is 35.9 Å². The largest absolute Gasteiger partial charge is 0.416 e. The molecule has 1 aromatic rings. The summed E-state index contributed by atoms with van der Waals surface area (Å²) in [7, 11) is 0. The Kier molecular flexibility index (Phi) is 6.84. The van der Waals surface area contributed by atoms with Crippen molar-refractivity contribution in [1.82, 2.24) is 10.2 Å². The number of carbonyl (C=O) groups is 2. The summed E-state index contributed by atoms with van der Waals surface area (Å²) in [5.74, 6) is -1.42. The lowest BCUT2D eigenvalue weighted by atomic mass is 9.96. The summed E-state index contributed by atoms with van der Waals surface area (Å²) < 4.78 is 77.2. The maximum atomic E-state index is 12.9. The van der Waals surface area contributed by atoms with Gasteiger partial charge in [-0.15, -0.1) is 11.6 Å². The van der Waals surface area contributed by atoms with Gasteiger partial charge >= 0.3 is 12.4 Å². The molecule has 1 N–H and O–H groups in total. The molecule has 0 atom stereocenters. The van der Waals surface area contributed by atoms with Crippen molar-refractivity contribution in [2.75, 3.05) is 25.5 Å². The molecule has 0 unspecified atom stereocenters. The van der Waals surface area contributed by atoms with E-state index in [1.165, 1.54) is 0 Å². The summed E-state index contributed by atoms with van der Waals surface area (Å²) in [6.07, 6.45) is -8.95. The normalized spacial score (nSPS) is 16.2. The monoisotopic (exact) mass is 430 g/mol. The molecule has 0 bridgehead atoms. The molecule has 0 saturated carbocycles. The first-order valence-electron chi connectivity index (χ1n) is 8.33. The number of nitrogens with one attached hydrogen (secondary N) is 1. The summed E-state index contributed by atoms with van der Waals surface area (Å²) in [4.78, 5) is 25.2. The first-order chi connectivity index (χ1) is 12.9. The Bertz CT molecular complexity index is 695. The molecule has 1 fully saturated rings. The molecule has 1 aromatic carbocycles. The van der Waals surface area contributed by atoms with E-state index < -0.39 is 35.0 Å². The van der Waals surface area contributed by atoms with E-state index in [0.717, 1.165) is 0 Å². The maximum Gasteiger partial charge on any atom is 0.416 e. The van der Waals surface area contributed by atoms with Crippen LogP contribution in [0.25, 0.3) is 0 Å². The molecule has 1 aliphatic heterocycles. The zero-order valence-electron chi connectivity index (χ0n) is 14.5. The van der Waals surface area contributed by atoms with Gasteiger partial charge in [-0.2, -0.15) is 26.3 Å². The van der Waals surface area contributed by atoms with Gasteiger partial charge in [-0.25, -0.2) is 0 Å². The smallest absolute Gasteiger partial charge is 0.352 e. The molecule has 28 heavy (non-hydrogen) atoms. The van der Waals surface area contributed by atoms with E-state index in [1.807, 2.05) is 0 Å². The van der Waals surface area contributed by atoms with Crippen LogP contribution in [-0.4, -0.2) is 42.2 Å². The van der Waals surface area contributed by atoms with Crippen molar-refractivity contribution in [3.8, 4) is 0 Å². The molecule has 4 nitrogen and oxygen atoms in total. The van der Waals surface area contributed by atoms with Crippen LogP contribution in [0.15, 0.2) is 18.2 Å². The predicted molar refractivity (Wildman–Crippen MR) is 88.8 cm³/mol. The summed E-state index contributed by atoms with van der Waals surface area (Å²) in [5.41, 5.74) is -3.79. The SMILES string of the molecule is O=C(NCC1CCN(C(=O)CCl)CC1)c1cc(C(F)(F)F)cc(C(F)(F)F)c1. The van der Waals surface area contributed by atoms with Crippen LogP contribution >= 0.6 is 11.6 Å². The van der Waals surface area contributed by atoms with Gasteiger partial charge in [0.1, 0.15) is 5.88 Å². The van der Waals surface area contributed by atoms with Crippen LogP contribution in [0.1, 0.15) is 34.3 Å². The highest BCUT2D eigenvalue weighted by atomic mass is 35.5. The van der Waals surface area contributed by atoms with Crippen LogP contribution in [0.3, 0.4) is 0 Å². The number of benzene rings is 1. The van der Waals surface area contributed by atoms with E-state index >= 15 is 0 Å². The number of nitrogens with zero attached hydrogens (tertiary/aromatic N) is 1. The summed E-state index contributed by atoms with van der Waals surface area (Å²) in [6.45, 7) is 0.932. The van der Waals surface area contributed by atoms with E-state index in [4.69, 9.17) is 11.6 Å². The fraction of sp³-hybridized carbons (Fsp3) is 0.529. The van der Waals surface area contributed by atoms with Gasteiger partial charge in [-0.1, -0.05) is 0 Å². The molecule has 2 rings (SSSR count). The van der Waals surface area contributed by atoms with Crippen LogP contribution in [0, 0.1) is 5.92 Å². The van der Waals surface area contributed by atoms with E-state index in [1.54, 1.807) is 4.90 Å². The fourth-order valence-electron chi connectivity index (χ4n) is 2.90. The van der Waals surface area contributed by atoms with E-state index in [-0.39, 0.29) is 30.3 Å². The lowest BCUT2D eigenvalue weighted by Gasteiger charge is -2.31. The number of hydrogen-bond acceptors (Lipinski definition) is 2. The van der Waals surface area contributed by atoms with Gasteiger partial charge < -0.3 is 10.2 Å². The Labute approximate surface area is 161 Å². The standard InChI is InChI=1S/C17H17ClF6N2O2/c18-8-14(27)26-3-1-10(2-4-26)9-25-15(28)11-5-12(16(19,20)21)7-13(6-11)17(22,23)24/h5-7,10H,1-4,8-9H2,(H,25,28). The van der Waals surface area contributed by atoms with Gasteiger partial charge in [-0.05, 0) is 37.0 Å². The van der Waals surface area contributed by atoms with Crippen molar-refractivity contribution in [2.45, 2.75) is 25.2 Å². The number of piperidine rings is 1. The molecule has 1 saturated heterocycles. The van der Waals surface area contributed by atoms with Crippen molar-refractivity contribution in [3.05, 3.63) is 34.9 Å². The average molecular weight is 431 g/mol. The molecular weight excluding hydrogens is 414 g/mol. The van der Waals surface area contributed by atoms with Crippen LogP contribution < -0.4 is 5.32 Å². The number of halogens is 7. The molecule has 2 amide bonds. The van der Waals surface area contributed by atoms with Crippen molar-refractivity contribution >= 4 is 23.4 Å². The van der Waals surface area contributed by atoms with E-state index in [2.05, 4.69) is 5.32 Å². The highest BCUT2D eigenvalue weighted by Gasteiger charge is 2.37. The first kappa shape index (κ1) is 22.3. The molecule has 156 valence electrons. The van der Waals surface area contributed by atoms with Gasteiger partial charge in [0.05, 0.1) is 11.1 Å². The maximum absolute atomic E-state index is 12.9. The van der Waals surface area contributed by atoms with Crippen LogP contribution in [0.4, 0.5) is 26.3 Å². The minimum Gasteiger partial charge on any atom is -0.352 e. The third-order valence-electron chi connectivity index (χ3n) is 4.48. The van der Waals surface area contributed by atoms with Crippen molar-refractivity contribution in [2.24, 2.45) is 5.92 Å². The van der Waals surface area contributed by atoms with Crippen LogP contribution in [0.5, 0.6) is 0 Å². The highest BCUT2D eigenvalue weighted by Crippen LogP contribution is 2.36. The van der Waals surface area contributed by atoms with Gasteiger partial charge in [0.15, 0.2) is 0 Å². The third kappa shape index (κ3) is 5.76. The number of likely N-dealkylation sites (tertiary alicyclic amines) is 1. The number of amides is 2. The van der Waals surface area contributed by atoms with Gasteiger partial charge in [0, 0.05) is 25.2 Å². The Morgan fingerprint density at radius 1 is 1.00 bits per heavy atom. The van der Waals surface area contributed by atoms with E-state index in [0.29, 0.717) is 38.1 Å². The van der Waals surface area contributed by atoms with Crippen LogP contribution in [-0.2, 0) is 17.1 Å². The zero-order valence-corrected chi connectivity index (χ0v) is 15.2. The van der Waals surface area contributed by atoms with Gasteiger partial charge in [-0.3, -0.25) is 9.59 Å². The lowest BCUT2D eigenvalue weighted by molar-refractivity contribution is -0.143. The molecule has 1 aliphatic rings. The van der Waals surface area contributed by atoms with Crippen molar-refractivity contribution < 1.29 is 35.9 Å². The Hall–Kier alpha value is -1.97. The second kappa shape index (κ2) is 8.59. The third-order valence-corrected chi connectivity index (χ3v) is 4.71. The lowest BCUT2D eigenvalue weighted by Crippen LogP contribution is -2.42. The molecular formula is C17H17ClF6N2O2. The minimum absolute atomic E-state index is 0.0274. The quantitative estimate of drug-likeness (QED) is 0.581. The van der Waals surface area contributed by atoms with Crippen molar-refractivity contribution in [3.63, 3.8) is 0 Å². The Morgan fingerprint density at radius 2 is 1.50 bits per heavy atom. The number of hydrogen-bond donors (Lipinski definition) is 1. The number of alkyl halides is 7.